The number of hydrogen-bond acceptors (Lipinski definition) is 2. The first-order chi connectivity index (χ1) is 9.79. The fraction of sp³-hybridized carbons (Fsp3) is 0.294. The standard InChI is InChI=1S/C17H20NOP/c1-3-18(4-2)17(20-19,15-11-7-5-8-12-15)16-13-9-6-10-14-16/h5-14H,3-4H2,1-2H3. The first-order valence-electron chi connectivity index (χ1n) is 7.00. The molecule has 0 atom stereocenters. The van der Waals surface area contributed by atoms with Crippen LogP contribution in [0.25, 0.3) is 0 Å². The van der Waals surface area contributed by atoms with Crippen molar-refractivity contribution < 1.29 is 4.57 Å². The summed E-state index contributed by atoms with van der Waals surface area (Å²) in [7, 11) is 0.100. The Kier molecular flexibility index (Phi) is 5.05. The summed E-state index contributed by atoms with van der Waals surface area (Å²) in [5, 5.41) is -0.605. The van der Waals surface area contributed by atoms with Crippen LogP contribution in [0.5, 0.6) is 0 Å². The molecule has 0 fully saturated rings. The van der Waals surface area contributed by atoms with E-state index in [1.54, 1.807) is 0 Å². The van der Waals surface area contributed by atoms with E-state index in [1.807, 2.05) is 36.4 Å². The van der Waals surface area contributed by atoms with Gasteiger partial charge in [0.25, 0.3) is 0 Å². The van der Waals surface area contributed by atoms with E-state index in [9.17, 15) is 4.57 Å². The molecule has 0 spiro atoms. The molecule has 0 aliphatic rings. The molecule has 20 heavy (non-hydrogen) atoms. The molecule has 0 aromatic heterocycles. The summed E-state index contributed by atoms with van der Waals surface area (Å²) in [5.41, 5.74) is 2.12. The highest BCUT2D eigenvalue weighted by Gasteiger charge is 2.40. The van der Waals surface area contributed by atoms with Crippen molar-refractivity contribution >= 4 is 8.46 Å². The van der Waals surface area contributed by atoms with Crippen LogP contribution in [0.4, 0.5) is 0 Å². The van der Waals surface area contributed by atoms with Gasteiger partial charge >= 0.3 is 0 Å². The van der Waals surface area contributed by atoms with E-state index in [0.717, 1.165) is 24.2 Å². The van der Waals surface area contributed by atoms with Crippen molar-refractivity contribution in [1.82, 2.24) is 4.90 Å². The zero-order valence-corrected chi connectivity index (χ0v) is 12.9. The van der Waals surface area contributed by atoms with Crippen LogP contribution in [0.3, 0.4) is 0 Å². The van der Waals surface area contributed by atoms with Crippen LogP contribution in [0.2, 0.25) is 0 Å². The quantitative estimate of drug-likeness (QED) is 0.727. The van der Waals surface area contributed by atoms with Gasteiger partial charge in [-0.2, -0.15) is 0 Å². The summed E-state index contributed by atoms with van der Waals surface area (Å²) in [5.74, 6) is 0. The second kappa shape index (κ2) is 6.78. The van der Waals surface area contributed by atoms with Crippen LogP contribution in [-0.2, 0) is 9.85 Å². The molecule has 0 heterocycles. The molecule has 2 aromatic rings. The smallest absolute Gasteiger partial charge is 0.188 e. The lowest BCUT2D eigenvalue weighted by molar-refractivity contribution is 0.214. The number of rotatable bonds is 6. The van der Waals surface area contributed by atoms with Crippen molar-refractivity contribution in [3.63, 3.8) is 0 Å². The van der Waals surface area contributed by atoms with Gasteiger partial charge in [-0.25, -0.2) is 0 Å². The zero-order chi connectivity index (χ0) is 14.4. The van der Waals surface area contributed by atoms with E-state index in [1.165, 1.54) is 0 Å². The Morgan fingerprint density at radius 3 is 1.55 bits per heavy atom. The van der Waals surface area contributed by atoms with Gasteiger partial charge in [0.1, 0.15) is 0 Å². The summed E-state index contributed by atoms with van der Waals surface area (Å²) in [6, 6.07) is 20.2. The molecule has 0 aliphatic heterocycles. The van der Waals surface area contributed by atoms with Crippen molar-refractivity contribution in [2.75, 3.05) is 13.1 Å². The average Bonchev–Trinajstić information content (AvgIpc) is 2.54. The van der Waals surface area contributed by atoms with Crippen molar-refractivity contribution in [1.29, 1.82) is 0 Å². The van der Waals surface area contributed by atoms with Gasteiger partial charge in [0, 0.05) is 0 Å². The van der Waals surface area contributed by atoms with Crippen molar-refractivity contribution in [2.45, 2.75) is 19.1 Å². The van der Waals surface area contributed by atoms with Crippen LogP contribution in [0.1, 0.15) is 25.0 Å². The normalized spacial score (nSPS) is 11.9. The fourth-order valence-corrected chi connectivity index (χ4v) is 3.62. The molecule has 2 aromatic carbocycles. The lowest BCUT2D eigenvalue weighted by Gasteiger charge is -2.38. The first kappa shape index (κ1) is 14.9. The van der Waals surface area contributed by atoms with Crippen LogP contribution < -0.4 is 0 Å². The predicted octanol–water partition coefficient (Wildman–Crippen LogP) is 4.52. The minimum absolute atomic E-state index is 0.100. The molecule has 2 nitrogen and oxygen atoms in total. The monoisotopic (exact) mass is 285 g/mol. The maximum atomic E-state index is 12.2. The fourth-order valence-electron chi connectivity index (χ4n) is 2.72. The maximum Gasteiger partial charge on any atom is 0.188 e. The molecular weight excluding hydrogens is 265 g/mol. The molecular formula is C17H20NOP. The van der Waals surface area contributed by atoms with Gasteiger partial charge < -0.3 is 0 Å². The molecule has 3 heteroatoms. The van der Waals surface area contributed by atoms with E-state index >= 15 is 0 Å². The van der Waals surface area contributed by atoms with Crippen LogP contribution >= 0.6 is 8.46 Å². The third-order valence-electron chi connectivity index (χ3n) is 3.71. The van der Waals surface area contributed by atoms with E-state index in [2.05, 4.69) is 43.0 Å². The molecule has 0 unspecified atom stereocenters. The Morgan fingerprint density at radius 2 is 1.25 bits per heavy atom. The van der Waals surface area contributed by atoms with Gasteiger partial charge in [-0.3, -0.25) is 9.46 Å². The number of nitrogens with zero attached hydrogens (tertiary/aromatic N) is 1. The third-order valence-corrected chi connectivity index (χ3v) is 4.77. The highest BCUT2D eigenvalue weighted by molar-refractivity contribution is 7.25. The second-order valence-electron chi connectivity index (χ2n) is 4.67. The molecule has 0 saturated carbocycles. The van der Waals surface area contributed by atoms with Gasteiger partial charge in [-0.1, -0.05) is 74.5 Å². The molecule has 0 radical (unpaired) electrons. The number of hydrogen-bond donors (Lipinski definition) is 0. The average molecular weight is 285 g/mol. The SMILES string of the molecule is CCN(CC)C(P=O)(c1ccccc1)c1ccccc1. The lowest BCUT2D eigenvalue weighted by Crippen LogP contribution is -2.42. The largest absolute Gasteiger partial charge is 0.281 e. The minimum atomic E-state index is -0.605. The zero-order valence-electron chi connectivity index (χ0n) is 12.0. The van der Waals surface area contributed by atoms with Crippen LogP contribution in [0.15, 0.2) is 60.7 Å². The van der Waals surface area contributed by atoms with Gasteiger partial charge in [0.15, 0.2) is 13.7 Å². The highest BCUT2D eigenvalue weighted by Crippen LogP contribution is 2.44. The summed E-state index contributed by atoms with van der Waals surface area (Å²) in [4.78, 5) is 2.24. The molecule has 0 N–H and O–H groups in total. The van der Waals surface area contributed by atoms with E-state index in [4.69, 9.17) is 0 Å². The van der Waals surface area contributed by atoms with Crippen LogP contribution in [-0.4, -0.2) is 18.0 Å². The number of benzene rings is 2. The van der Waals surface area contributed by atoms with Gasteiger partial charge in [0.05, 0.1) is 0 Å². The Balaban J connectivity index is 2.67. The highest BCUT2D eigenvalue weighted by atomic mass is 31.1. The van der Waals surface area contributed by atoms with Crippen molar-refractivity contribution in [2.24, 2.45) is 0 Å². The van der Waals surface area contributed by atoms with E-state index in [-0.39, 0.29) is 8.46 Å². The minimum Gasteiger partial charge on any atom is -0.281 e. The van der Waals surface area contributed by atoms with Crippen molar-refractivity contribution in [3.05, 3.63) is 71.8 Å². The predicted molar refractivity (Wildman–Crippen MR) is 84.2 cm³/mol. The second-order valence-corrected chi connectivity index (χ2v) is 5.50. The van der Waals surface area contributed by atoms with E-state index < -0.39 is 5.28 Å². The van der Waals surface area contributed by atoms with Gasteiger partial charge in [0.2, 0.25) is 0 Å². The lowest BCUT2D eigenvalue weighted by atomic mass is 9.96. The first-order valence-corrected chi connectivity index (χ1v) is 7.81. The summed E-state index contributed by atoms with van der Waals surface area (Å²) in [6.45, 7) is 5.90. The molecule has 0 amide bonds. The summed E-state index contributed by atoms with van der Waals surface area (Å²) in [6.07, 6.45) is 0. The molecule has 0 bridgehead atoms. The Hall–Kier alpha value is -1.50. The van der Waals surface area contributed by atoms with Crippen LogP contribution in [0, 0.1) is 0 Å². The molecule has 2 rings (SSSR count). The third kappa shape index (κ3) is 2.54. The van der Waals surface area contributed by atoms with Gasteiger partial charge in [-0.05, 0) is 24.2 Å². The van der Waals surface area contributed by atoms with Crippen molar-refractivity contribution in [3.8, 4) is 0 Å². The summed E-state index contributed by atoms with van der Waals surface area (Å²) < 4.78 is 12.2. The molecule has 0 saturated heterocycles. The molecule has 104 valence electrons. The van der Waals surface area contributed by atoms with Gasteiger partial charge in [-0.15, -0.1) is 0 Å². The Labute approximate surface area is 122 Å². The Bertz CT molecular complexity index is 498. The summed E-state index contributed by atoms with van der Waals surface area (Å²) >= 11 is 0. The topological polar surface area (TPSA) is 20.3 Å². The Morgan fingerprint density at radius 1 is 0.850 bits per heavy atom. The van der Waals surface area contributed by atoms with E-state index in [0.29, 0.717) is 0 Å². The maximum absolute atomic E-state index is 12.2. The molecule has 0 aliphatic carbocycles.